The fourth-order valence-electron chi connectivity index (χ4n) is 3.15. The molecule has 0 aliphatic carbocycles. The molecule has 1 aromatic heterocycles. The van der Waals surface area contributed by atoms with Crippen molar-refractivity contribution in [1.29, 1.82) is 0 Å². The minimum Gasteiger partial charge on any atom is -0.258 e. The first-order valence-corrected chi connectivity index (χ1v) is 9.66. The molecule has 0 atom stereocenters. The van der Waals surface area contributed by atoms with Crippen LogP contribution in [-0.4, -0.2) is 20.6 Å². The molecular formula is C24H19N5O2. The van der Waals surface area contributed by atoms with Gasteiger partial charge >= 0.3 is 5.69 Å². The molecule has 31 heavy (non-hydrogen) atoms. The van der Waals surface area contributed by atoms with Gasteiger partial charge in [-0.1, -0.05) is 91.0 Å². The summed E-state index contributed by atoms with van der Waals surface area (Å²) in [5, 5.41) is 16.4. The van der Waals surface area contributed by atoms with Crippen LogP contribution in [0.1, 0.15) is 12.5 Å². The Balaban J connectivity index is 1.86. The van der Waals surface area contributed by atoms with Crippen molar-refractivity contribution in [2.45, 2.75) is 6.92 Å². The van der Waals surface area contributed by atoms with E-state index in [2.05, 4.69) is 20.5 Å². The second-order valence-corrected chi connectivity index (χ2v) is 6.76. The van der Waals surface area contributed by atoms with Crippen LogP contribution in [0, 0.1) is 10.1 Å². The number of hydrogen-bond donors (Lipinski definition) is 1. The lowest BCUT2D eigenvalue weighted by Crippen LogP contribution is -2.07. The van der Waals surface area contributed by atoms with Crippen LogP contribution in [0.3, 0.4) is 0 Å². The number of nitrogens with zero attached hydrogens (tertiary/aromatic N) is 4. The van der Waals surface area contributed by atoms with Gasteiger partial charge in [-0.3, -0.25) is 10.1 Å². The topological polar surface area (TPSA) is 93.3 Å². The molecule has 1 N–H and O–H groups in total. The number of hydrazone groups is 1. The van der Waals surface area contributed by atoms with Gasteiger partial charge in [0.25, 0.3) is 0 Å². The predicted octanol–water partition coefficient (Wildman–Crippen LogP) is 5.55. The van der Waals surface area contributed by atoms with Crippen molar-refractivity contribution in [1.82, 2.24) is 9.97 Å². The summed E-state index contributed by atoms with van der Waals surface area (Å²) >= 11 is 0. The third-order valence-corrected chi connectivity index (χ3v) is 4.68. The van der Waals surface area contributed by atoms with E-state index in [9.17, 15) is 10.1 Å². The molecule has 0 saturated heterocycles. The summed E-state index contributed by atoms with van der Waals surface area (Å²) in [7, 11) is 0. The first-order valence-electron chi connectivity index (χ1n) is 9.66. The quantitative estimate of drug-likeness (QED) is 0.256. The Labute approximate surface area is 179 Å². The minimum atomic E-state index is -0.438. The Morgan fingerprint density at radius 2 is 1.26 bits per heavy atom. The zero-order valence-electron chi connectivity index (χ0n) is 16.8. The zero-order chi connectivity index (χ0) is 21.6. The zero-order valence-corrected chi connectivity index (χ0v) is 16.8. The van der Waals surface area contributed by atoms with E-state index < -0.39 is 4.92 Å². The maximum atomic E-state index is 12.0. The second kappa shape index (κ2) is 8.96. The first kappa shape index (κ1) is 19.9. The van der Waals surface area contributed by atoms with Crippen LogP contribution in [0.4, 0.5) is 11.6 Å². The van der Waals surface area contributed by atoms with Crippen LogP contribution in [-0.2, 0) is 0 Å². The van der Waals surface area contributed by atoms with Crippen LogP contribution < -0.4 is 5.43 Å². The Morgan fingerprint density at radius 1 is 0.806 bits per heavy atom. The molecule has 1 heterocycles. The summed E-state index contributed by atoms with van der Waals surface area (Å²) in [6.45, 7) is 1.87. The van der Waals surface area contributed by atoms with Crippen LogP contribution in [0.5, 0.6) is 0 Å². The second-order valence-electron chi connectivity index (χ2n) is 6.76. The number of nitrogens with one attached hydrogen (secondary N) is 1. The maximum absolute atomic E-state index is 12.0. The highest BCUT2D eigenvalue weighted by Gasteiger charge is 2.26. The summed E-state index contributed by atoms with van der Waals surface area (Å²) in [5.74, 6) is 0.179. The molecule has 152 valence electrons. The number of rotatable bonds is 6. The van der Waals surface area contributed by atoms with Crippen molar-refractivity contribution in [3.05, 3.63) is 107 Å². The third kappa shape index (κ3) is 4.45. The SMILES string of the molecule is C/C(=N/Nc1nc(-c2ccccc2)c([N+](=O)[O-])c(-c2ccccc2)n1)c1ccccc1. The van der Waals surface area contributed by atoms with Crippen LogP contribution in [0.15, 0.2) is 96.1 Å². The highest BCUT2D eigenvalue weighted by Crippen LogP contribution is 2.37. The molecule has 7 nitrogen and oxygen atoms in total. The molecule has 0 aliphatic rings. The fourth-order valence-corrected chi connectivity index (χ4v) is 3.15. The lowest BCUT2D eigenvalue weighted by atomic mass is 10.1. The van der Waals surface area contributed by atoms with Gasteiger partial charge < -0.3 is 0 Å². The lowest BCUT2D eigenvalue weighted by Gasteiger charge is -2.10. The summed E-state index contributed by atoms with van der Waals surface area (Å²) in [4.78, 5) is 20.5. The summed E-state index contributed by atoms with van der Waals surface area (Å²) < 4.78 is 0. The molecule has 0 spiro atoms. The van der Waals surface area contributed by atoms with Crippen molar-refractivity contribution in [2.75, 3.05) is 5.43 Å². The standard InChI is InChI=1S/C24H19N5O2/c1-17(18-11-5-2-6-12-18)27-28-24-25-21(19-13-7-3-8-14-19)23(29(30)31)22(26-24)20-15-9-4-10-16-20/h2-16H,1H3,(H,25,26,28)/b27-17-. The van der Waals surface area contributed by atoms with E-state index in [4.69, 9.17) is 0 Å². The highest BCUT2D eigenvalue weighted by molar-refractivity contribution is 5.99. The van der Waals surface area contributed by atoms with E-state index in [0.29, 0.717) is 11.1 Å². The Hall–Kier alpha value is -4.39. The molecule has 4 aromatic rings. The van der Waals surface area contributed by atoms with Gasteiger partial charge in [-0.05, 0) is 12.5 Å². The van der Waals surface area contributed by atoms with Crippen LogP contribution in [0.2, 0.25) is 0 Å². The molecule has 3 aromatic carbocycles. The van der Waals surface area contributed by atoms with Gasteiger partial charge in [0.05, 0.1) is 10.6 Å². The predicted molar refractivity (Wildman–Crippen MR) is 122 cm³/mol. The van der Waals surface area contributed by atoms with Crippen molar-refractivity contribution < 1.29 is 4.92 Å². The number of benzene rings is 3. The van der Waals surface area contributed by atoms with Crippen molar-refractivity contribution in [2.24, 2.45) is 5.10 Å². The molecule has 0 bridgehead atoms. The molecule has 4 rings (SSSR count). The van der Waals surface area contributed by atoms with E-state index in [0.717, 1.165) is 11.3 Å². The Bertz CT molecular complexity index is 1170. The number of aromatic nitrogens is 2. The van der Waals surface area contributed by atoms with Crippen LogP contribution >= 0.6 is 0 Å². The lowest BCUT2D eigenvalue weighted by molar-refractivity contribution is -0.383. The van der Waals surface area contributed by atoms with E-state index in [-0.39, 0.29) is 23.0 Å². The molecule has 0 fully saturated rings. The molecule has 0 saturated carbocycles. The largest absolute Gasteiger partial charge is 0.321 e. The van der Waals surface area contributed by atoms with Crippen LogP contribution in [0.25, 0.3) is 22.5 Å². The van der Waals surface area contributed by atoms with Crippen molar-refractivity contribution in [3.63, 3.8) is 0 Å². The summed E-state index contributed by atoms with van der Waals surface area (Å²) in [6, 6.07) is 27.8. The number of nitro groups is 1. The monoisotopic (exact) mass is 409 g/mol. The molecule has 0 amide bonds. The van der Waals surface area contributed by atoms with Gasteiger partial charge in [0.2, 0.25) is 5.95 Å². The van der Waals surface area contributed by atoms with E-state index in [1.807, 2.05) is 73.7 Å². The normalized spacial score (nSPS) is 11.2. The summed E-state index contributed by atoms with van der Waals surface area (Å²) in [6.07, 6.45) is 0. The van der Waals surface area contributed by atoms with Gasteiger partial charge in [0.1, 0.15) is 0 Å². The van der Waals surface area contributed by atoms with E-state index in [1.165, 1.54) is 0 Å². The van der Waals surface area contributed by atoms with E-state index >= 15 is 0 Å². The molecule has 7 heteroatoms. The Kier molecular flexibility index (Phi) is 5.75. The molecular weight excluding hydrogens is 390 g/mol. The maximum Gasteiger partial charge on any atom is 0.321 e. The number of hydrogen-bond acceptors (Lipinski definition) is 6. The molecule has 0 radical (unpaired) electrons. The smallest absolute Gasteiger partial charge is 0.258 e. The Morgan fingerprint density at radius 3 is 1.71 bits per heavy atom. The average molecular weight is 409 g/mol. The third-order valence-electron chi connectivity index (χ3n) is 4.68. The number of anilines is 1. The first-order chi connectivity index (χ1) is 15.1. The molecule has 0 aliphatic heterocycles. The molecule has 0 unspecified atom stereocenters. The van der Waals surface area contributed by atoms with Crippen molar-refractivity contribution >= 4 is 17.3 Å². The van der Waals surface area contributed by atoms with Gasteiger partial charge in [-0.25, -0.2) is 15.4 Å². The van der Waals surface area contributed by atoms with Gasteiger partial charge in [0, 0.05) is 11.1 Å². The highest BCUT2D eigenvalue weighted by atomic mass is 16.6. The van der Waals surface area contributed by atoms with Gasteiger partial charge in [0.15, 0.2) is 11.4 Å². The fraction of sp³-hybridized carbons (Fsp3) is 0.0417. The summed E-state index contributed by atoms with van der Waals surface area (Å²) in [5.41, 5.74) is 6.13. The van der Waals surface area contributed by atoms with Gasteiger partial charge in [-0.15, -0.1) is 0 Å². The minimum absolute atomic E-state index is 0.147. The van der Waals surface area contributed by atoms with E-state index in [1.54, 1.807) is 24.3 Å². The van der Waals surface area contributed by atoms with Gasteiger partial charge in [-0.2, -0.15) is 5.10 Å². The van der Waals surface area contributed by atoms with Crippen molar-refractivity contribution in [3.8, 4) is 22.5 Å². The average Bonchev–Trinajstić information content (AvgIpc) is 2.83.